The molecule has 1 N–H and O–H groups in total. The zero-order chi connectivity index (χ0) is 27.8. The minimum absolute atomic E-state index is 0.00564. The summed E-state index contributed by atoms with van der Waals surface area (Å²) in [6, 6.07) is 0.430. The number of halogens is 3. The minimum atomic E-state index is -3.76. The Hall–Kier alpha value is -1.54. The van der Waals surface area contributed by atoms with E-state index in [4.69, 9.17) is 4.74 Å². The molecule has 8 nitrogen and oxygen atoms in total. The predicted molar refractivity (Wildman–Crippen MR) is 137 cm³/mol. The molecule has 0 aromatic heterocycles. The van der Waals surface area contributed by atoms with Crippen molar-refractivity contribution in [3.05, 3.63) is 35.1 Å². The Labute approximate surface area is 224 Å². The monoisotopic (exact) mass is 579 g/mol. The van der Waals surface area contributed by atoms with Gasteiger partial charge in [-0.05, 0) is 70.4 Å². The van der Waals surface area contributed by atoms with E-state index in [2.05, 4.69) is 4.72 Å². The van der Waals surface area contributed by atoms with Crippen LogP contribution in [0.15, 0.2) is 12.1 Å². The van der Waals surface area contributed by atoms with Crippen LogP contribution in [0.4, 0.5) is 13.2 Å². The van der Waals surface area contributed by atoms with Crippen molar-refractivity contribution < 1.29 is 35.3 Å². The van der Waals surface area contributed by atoms with Crippen LogP contribution < -0.4 is 4.72 Å². The van der Waals surface area contributed by atoms with Crippen LogP contribution in [0.3, 0.4) is 0 Å². The molecule has 1 aromatic carbocycles. The van der Waals surface area contributed by atoms with Crippen LogP contribution in [0.25, 0.3) is 0 Å². The van der Waals surface area contributed by atoms with E-state index in [-0.39, 0.29) is 43.1 Å². The molecule has 3 heterocycles. The molecule has 0 spiro atoms. The van der Waals surface area contributed by atoms with E-state index in [1.807, 2.05) is 0 Å². The number of hydrogen-bond acceptors (Lipinski definition) is 5. The molecular formula is C25H36F3N3O5S2. The van der Waals surface area contributed by atoms with Crippen molar-refractivity contribution >= 4 is 26.9 Å². The number of hydrogen-bond donors (Lipinski definition) is 1. The lowest BCUT2D eigenvalue weighted by Gasteiger charge is -2.42. The summed E-state index contributed by atoms with van der Waals surface area (Å²) in [6.07, 6.45) is 2.42. The highest BCUT2D eigenvalue weighted by atomic mass is 32.2. The highest BCUT2D eigenvalue weighted by Gasteiger charge is 2.46. The molecule has 3 fully saturated rings. The fourth-order valence-electron chi connectivity index (χ4n) is 5.68. The number of sulfonamides is 1. The van der Waals surface area contributed by atoms with Gasteiger partial charge in [0.1, 0.15) is 11.6 Å². The lowest BCUT2D eigenvalue weighted by Crippen LogP contribution is -2.54. The van der Waals surface area contributed by atoms with Gasteiger partial charge in [0.05, 0.1) is 28.9 Å². The largest absolute Gasteiger partial charge is 0.379 e. The molecule has 3 aliphatic rings. The molecule has 1 aromatic rings. The molecule has 4 rings (SSSR count). The van der Waals surface area contributed by atoms with Gasteiger partial charge in [-0.15, -0.1) is 0 Å². The first-order valence-electron chi connectivity index (χ1n) is 12.9. The van der Waals surface area contributed by atoms with Crippen LogP contribution in [-0.2, 0) is 37.0 Å². The van der Waals surface area contributed by atoms with Gasteiger partial charge in [-0.3, -0.25) is 4.79 Å². The van der Waals surface area contributed by atoms with E-state index >= 15 is 0 Å². The van der Waals surface area contributed by atoms with Crippen LogP contribution in [0.1, 0.15) is 52.0 Å². The lowest BCUT2D eigenvalue weighted by atomic mass is 9.82. The van der Waals surface area contributed by atoms with Gasteiger partial charge in [0.15, 0.2) is 11.6 Å². The molecule has 0 aliphatic carbocycles. The van der Waals surface area contributed by atoms with Gasteiger partial charge < -0.3 is 9.64 Å². The van der Waals surface area contributed by atoms with Crippen molar-refractivity contribution in [2.75, 3.05) is 32.1 Å². The van der Waals surface area contributed by atoms with E-state index in [0.717, 1.165) is 6.07 Å². The Morgan fingerprint density at radius 2 is 1.66 bits per heavy atom. The maximum Gasteiger partial charge on any atom is 0.239 e. The molecule has 3 saturated heterocycles. The van der Waals surface area contributed by atoms with Crippen LogP contribution in [-0.4, -0.2) is 82.7 Å². The van der Waals surface area contributed by atoms with Crippen molar-refractivity contribution in [3.8, 4) is 0 Å². The first-order valence-corrected chi connectivity index (χ1v) is 15.7. The zero-order valence-electron chi connectivity index (χ0n) is 21.9. The van der Waals surface area contributed by atoms with Crippen molar-refractivity contribution in [1.82, 2.24) is 13.9 Å². The molecule has 13 heteroatoms. The number of piperidine rings is 1. The quantitative estimate of drug-likeness (QED) is 0.478. The van der Waals surface area contributed by atoms with E-state index in [9.17, 15) is 30.6 Å². The van der Waals surface area contributed by atoms with Crippen LogP contribution in [0, 0.1) is 23.4 Å². The van der Waals surface area contributed by atoms with Gasteiger partial charge in [0.25, 0.3) is 0 Å². The van der Waals surface area contributed by atoms with Gasteiger partial charge in [-0.25, -0.2) is 30.5 Å². The predicted octanol–water partition coefficient (Wildman–Crippen LogP) is 2.50. The van der Waals surface area contributed by atoms with E-state index < -0.39 is 60.9 Å². The average Bonchev–Trinajstić information content (AvgIpc) is 3.11. The summed E-state index contributed by atoms with van der Waals surface area (Å²) in [5, 5.41) is 0. The van der Waals surface area contributed by atoms with Crippen molar-refractivity contribution in [3.63, 3.8) is 0 Å². The molecule has 214 valence electrons. The summed E-state index contributed by atoms with van der Waals surface area (Å²) in [5.41, 5.74) is -0.0187. The third kappa shape index (κ3) is 6.60. The number of morpholine rings is 1. The molecule has 5 atom stereocenters. The van der Waals surface area contributed by atoms with Crippen LogP contribution >= 0.6 is 0 Å². The maximum absolute atomic E-state index is 14.5. The molecule has 1 unspecified atom stereocenters. The Morgan fingerprint density at radius 1 is 1.08 bits per heavy atom. The number of nitrogens with zero attached hydrogens (tertiary/aromatic N) is 2. The Balaban J connectivity index is 1.50. The fourth-order valence-corrected chi connectivity index (χ4v) is 7.93. The Morgan fingerprint density at radius 3 is 2.24 bits per heavy atom. The van der Waals surface area contributed by atoms with Crippen LogP contribution in [0.5, 0.6) is 0 Å². The summed E-state index contributed by atoms with van der Waals surface area (Å²) in [7, 11) is -5.28. The van der Waals surface area contributed by atoms with Gasteiger partial charge in [0.2, 0.25) is 15.9 Å². The SMILES string of the molecule is CC(C)(C)[S@](=O)N[C@H](Cc1cc(F)c(F)cc1F)C1C[C@H]2CC[C@@H](C1)N2C(=O)CS(=O)(=O)N1CCOCC1. The molecular weight excluding hydrogens is 543 g/mol. The van der Waals surface area contributed by atoms with Gasteiger partial charge >= 0.3 is 0 Å². The van der Waals surface area contributed by atoms with Gasteiger partial charge in [0, 0.05) is 37.3 Å². The third-order valence-corrected chi connectivity index (χ3v) is 11.0. The normalized spacial score (nSPS) is 26.4. The second-order valence-electron chi connectivity index (χ2n) is 11.4. The number of rotatable bonds is 8. The van der Waals surface area contributed by atoms with Crippen molar-refractivity contribution in [2.24, 2.45) is 5.92 Å². The third-order valence-electron chi connectivity index (χ3n) is 7.64. The number of amides is 1. The van der Waals surface area contributed by atoms with Crippen molar-refractivity contribution in [1.29, 1.82) is 0 Å². The average molecular weight is 580 g/mol. The second-order valence-corrected chi connectivity index (χ2v) is 15.3. The first kappa shape index (κ1) is 29.4. The molecule has 2 bridgehead atoms. The summed E-state index contributed by atoms with van der Waals surface area (Å²) >= 11 is 0. The number of fused-ring (bicyclic) bond motifs is 2. The smallest absolute Gasteiger partial charge is 0.239 e. The number of carbonyl (C=O) groups is 1. The highest BCUT2D eigenvalue weighted by Crippen LogP contribution is 2.41. The number of ether oxygens (including phenoxy) is 1. The fraction of sp³-hybridized carbons (Fsp3) is 0.720. The summed E-state index contributed by atoms with van der Waals surface area (Å²) in [4.78, 5) is 14.9. The molecule has 0 saturated carbocycles. The summed E-state index contributed by atoms with van der Waals surface area (Å²) in [6.45, 7) is 6.44. The molecule has 3 aliphatic heterocycles. The Kier molecular flexibility index (Phi) is 8.93. The van der Waals surface area contributed by atoms with Crippen LogP contribution in [0.2, 0.25) is 0 Å². The number of nitrogens with one attached hydrogen (secondary N) is 1. The van der Waals surface area contributed by atoms with E-state index in [1.54, 1.807) is 25.7 Å². The molecule has 0 radical (unpaired) electrons. The second kappa shape index (κ2) is 11.5. The standard InChI is InChI=1S/C25H36F3N3O5S2/c1-25(2,3)37(33)29-23(13-16-12-21(27)22(28)14-20(16)26)17-10-18-4-5-19(11-17)31(18)24(32)15-38(34,35)30-6-8-36-9-7-30/h12,14,17-19,23,29H,4-11,13,15H2,1-3H3/t17?,18-,19+,23-,37+/m1/s1. The Bertz CT molecular complexity index is 1160. The van der Waals surface area contributed by atoms with E-state index in [0.29, 0.717) is 45.0 Å². The summed E-state index contributed by atoms with van der Waals surface area (Å²) < 4.78 is 89.6. The lowest BCUT2D eigenvalue weighted by molar-refractivity contribution is -0.133. The minimum Gasteiger partial charge on any atom is -0.379 e. The number of carbonyl (C=O) groups excluding carboxylic acids is 1. The topological polar surface area (TPSA) is 96.0 Å². The van der Waals surface area contributed by atoms with Gasteiger partial charge in [-0.1, -0.05) is 0 Å². The maximum atomic E-state index is 14.5. The molecule has 38 heavy (non-hydrogen) atoms. The van der Waals surface area contributed by atoms with Gasteiger partial charge in [-0.2, -0.15) is 4.31 Å². The number of benzene rings is 1. The highest BCUT2D eigenvalue weighted by molar-refractivity contribution is 7.89. The molecule has 1 amide bonds. The summed E-state index contributed by atoms with van der Waals surface area (Å²) in [5.74, 6) is -4.46. The van der Waals surface area contributed by atoms with E-state index in [1.165, 1.54) is 4.31 Å². The zero-order valence-corrected chi connectivity index (χ0v) is 23.6. The first-order chi connectivity index (χ1) is 17.8. The van der Waals surface area contributed by atoms with Crippen molar-refractivity contribution in [2.45, 2.75) is 75.7 Å².